The van der Waals surface area contributed by atoms with E-state index in [-0.39, 0.29) is 0 Å². The fourth-order valence-electron chi connectivity index (χ4n) is 2.12. The maximum atomic E-state index is 9.34. The van der Waals surface area contributed by atoms with Crippen LogP contribution in [-0.4, -0.2) is 11.3 Å². The molecule has 0 bridgehead atoms. The number of benzene rings is 2. The van der Waals surface area contributed by atoms with E-state index in [0.717, 1.165) is 5.57 Å². The molecule has 0 radical (unpaired) electrons. The van der Waals surface area contributed by atoms with Crippen LogP contribution in [0.25, 0.3) is 16.3 Å². The first kappa shape index (κ1) is 10.1. The van der Waals surface area contributed by atoms with Crippen molar-refractivity contribution < 1.29 is 5.11 Å². The molecule has 1 heterocycles. The molecule has 17 heavy (non-hydrogen) atoms. The number of aliphatic hydroxyl groups excluding tert-OH is 1. The number of nitrogens with one attached hydrogen (secondary N) is 1. The van der Waals surface area contributed by atoms with E-state index in [1.165, 1.54) is 16.3 Å². The Morgan fingerprint density at radius 2 is 1.82 bits per heavy atom. The van der Waals surface area contributed by atoms with Crippen LogP contribution in [0.5, 0.6) is 0 Å². The Morgan fingerprint density at radius 3 is 2.65 bits per heavy atom. The molecule has 1 atom stereocenters. The lowest BCUT2D eigenvalue weighted by Crippen LogP contribution is -2.23. The van der Waals surface area contributed by atoms with Crippen molar-refractivity contribution in [2.24, 2.45) is 0 Å². The third-order valence-corrected chi connectivity index (χ3v) is 2.97. The van der Waals surface area contributed by atoms with E-state index >= 15 is 0 Å². The molecular weight excluding hydrogens is 210 g/mol. The van der Waals surface area contributed by atoms with Gasteiger partial charge in [0.1, 0.15) is 6.23 Å². The third-order valence-electron chi connectivity index (χ3n) is 2.97. The monoisotopic (exact) mass is 223 g/mol. The van der Waals surface area contributed by atoms with Gasteiger partial charge in [0.2, 0.25) is 0 Å². The van der Waals surface area contributed by atoms with Gasteiger partial charge >= 0.3 is 0 Å². The largest absolute Gasteiger partial charge is 0.370 e. The summed E-state index contributed by atoms with van der Waals surface area (Å²) in [5, 5.41) is 14.7. The summed E-state index contributed by atoms with van der Waals surface area (Å²) < 4.78 is 0. The molecular formula is C15H13NO. The van der Waals surface area contributed by atoms with E-state index in [1.54, 1.807) is 6.08 Å². The summed E-state index contributed by atoms with van der Waals surface area (Å²) in [7, 11) is 0. The number of rotatable bonds is 1. The topological polar surface area (TPSA) is 32.3 Å². The minimum atomic E-state index is -0.575. The van der Waals surface area contributed by atoms with Gasteiger partial charge in [-0.3, -0.25) is 0 Å². The zero-order chi connectivity index (χ0) is 11.7. The zero-order valence-electron chi connectivity index (χ0n) is 9.30. The van der Waals surface area contributed by atoms with Crippen molar-refractivity contribution in [2.75, 3.05) is 0 Å². The number of fused-ring (bicyclic) bond motifs is 1. The van der Waals surface area contributed by atoms with Crippen LogP contribution in [0.2, 0.25) is 0 Å². The molecule has 0 saturated heterocycles. The van der Waals surface area contributed by atoms with E-state index in [0.29, 0.717) is 0 Å². The number of hydrogen-bond acceptors (Lipinski definition) is 2. The van der Waals surface area contributed by atoms with Crippen molar-refractivity contribution in [3.8, 4) is 0 Å². The van der Waals surface area contributed by atoms with Gasteiger partial charge in [0.25, 0.3) is 0 Å². The molecule has 1 unspecified atom stereocenters. The first-order valence-electron chi connectivity index (χ1n) is 5.65. The normalized spacial score (nSPS) is 18.9. The lowest BCUT2D eigenvalue weighted by molar-refractivity contribution is 0.201. The summed E-state index contributed by atoms with van der Waals surface area (Å²) in [5.74, 6) is 0. The molecule has 0 aromatic heterocycles. The molecule has 2 aromatic carbocycles. The molecule has 1 aliphatic heterocycles. The van der Waals surface area contributed by atoms with Gasteiger partial charge in [0.15, 0.2) is 0 Å². The second-order valence-electron chi connectivity index (χ2n) is 4.10. The molecule has 84 valence electrons. The molecule has 0 spiro atoms. The summed E-state index contributed by atoms with van der Waals surface area (Å²) in [4.78, 5) is 0. The molecule has 2 heteroatoms. The second kappa shape index (κ2) is 4.07. The number of hydrogen-bond donors (Lipinski definition) is 2. The zero-order valence-corrected chi connectivity index (χ0v) is 9.30. The Morgan fingerprint density at radius 1 is 1.00 bits per heavy atom. The van der Waals surface area contributed by atoms with Crippen molar-refractivity contribution in [3.63, 3.8) is 0 Å². The standard InChI is InChI=1S/C15H13NO/c17-15-9-8-12(10-16-15)14-7-3-5-11-4-1-2-6-13(11)14/h1-10,15-17H. The van der Waals surface area contributed by atoms with Crippen LogP contribution in [0.1, 0.15) is 5.56 Å². The third kappa shape index (κ3) is 1.83. The second-order valence-corrected chi connectivity index (χ2v) is 4.10. The summed E-state index contributed by atoms with van der Waals surface area (Å²) >= 11 is 0. The van der Waals surface area contributed by atoms with Gasteiger partial charge < -0.3 is 10.4 Å². The highest BCUT2D eigenvalue weighted by atomic mass is 16.3. The fraction of sp³-hybridized carbons (Fsp3) is 0.0667. The average molecular weight is 223 g/mol. The lowest BCUT2D eigenvalue weighted by atomic mass is 9.97. The van der Waals surface area contributed by atoms with Crippen molar-refractivity contribution >= 4 is 16.3 Å². The van der Waals surface area contributed by atoms with Gasteiger partial charge in [0.05, 0.1) is 0 Å². The van der Waals surface area contributed by atoms with Gasteiger partial charge in [-0.1, -0.05) is 48.5 Å². The number of dihydropyridines is 1. The SMILES string of the molecule is OC1C=CC(c2cccc3ccccc23)=CN1. The molecule has 2 nitrogen and oxygen atoms in total. The van der Waals surface area contributed by atoms with E-state index in [1.807, 2.05) is 24.4 Å². The van der Waals surface area contributed by atoms with Crippen LogP contribution in [0.3, 0.4) is 0 Å². The first-order chi connectivity index (χ1) is 8.34. The Balaban J connectivity index is 2.15. The van der Waals surface area contributed by atoms with E-state index in [2.05, 4.69) is 35.6 Å². The molecule has 0 saturated carbocycles. The molecule has 1 aliphatic rings. The van der Waals surface area contributed by atoms with Gasteiger partial charge in [0, 0.05) is 6.20 Å². The van der Waals surface area contributed by atoms with Crippen LogP contribution < -0.4 is 5.32 Å². The quantitative estimate of drug-likeness (QED) is 0.779. The minimum Gasteiger partial charge on any atom is -0.370 e. The van der Waals surface area contributed by atoms with Crippen LogP contribution in [0.4, 0.5) is 0 Å². The predicted octanol–water partition coefficient (Wildman–Crippen LogP) is 2.66. The maximum absolute atomic E-state index is 9.34. The molecule has 3 rings (SSSR count). The highest BCUT2D eigenvalue weighted by molar-refractivity contribution is 5.96. The van der Waals surface area contributed by atoms with Crippen LogP contribution in [0, 0.1) is 0 Å². The first-order valence-corrected chi connectivity index (χ1v) is 5.65. The molecule has 0 amide bonds. The molecule has 0 aliphatic carbocycles. The highest BCUT2D eigenvalue weighted by Crippen LogP contribution is 2.26. The number of aliphatic hydroxyl groups is 1. The Labute approximate surface area is 99.9 Å². The summed E-state index contributed by atoms with van der Waals surface area (Å²) in [6.45, 7) is 0. The minimum absolute atomic E-state index is 0.575. The smallest absolute Gasteiger partial charge is 0.143 e. The van der Waals surface area contributed by atoms with Gasteiger partial charge in [-0.2, -0.15) is 0 Å². The Hall–Kier alpha value is -2.06. The highest BCUT2D eigenvalue weighted by Gasteiger charge is 2.08. The van der Waals surface area contributed by atoms with Crippen LogP contribution in [-0.2, 0) is 0 Å². The van der Waals surface area contributed by atoms with Gasteiger partial charge in [-0.05, 0) is 28.0 Å². The van der Waals surface area contributed by atoms with Crippen molar-refractivity contribution in [1.82, 2.24) is 5.32 Å². The Kier molecular flexibility index (Phi) is 2.42. The molecule has 2 N–H and O–H groups in total. The van der Waals surface area contributed by atoms with E-state index < -0.39 is 6.23 Å². The fourth-order valence-corrected chi connectivity index (χ4v) is 2.12. The van der Waals surface area contributed by atoms with Crippen molar-refractivity contribution in [2.45, 2.75) is 6.23 Å². The van der Waals surface area contributed by atoms with Crippen molar-refractivity contribution in [1.29, 1.82) is 0 Å². The van der Waals surface area contributed by atoms with E-state index in [4.69, 9.17) is 0 Å². The van der Waals surface area contributed by atoms with Gasteiger partial charge in [-0.25, -0.2) is 0 Å². The van der Waals surface area contributed by atoms with Gasteiger partial charge in [-0.15, -0.1) is 0 Å². The predicted molar refractivity (Wildman–Crippen MR) is 70.2 cm³/mol. The molecule has 2 aromatic rings. The van der Waals surface area contributed by atoms with Crippen molar-refractivity contribution in [3.05, 3.63) is 66.4 Å². The maximum Gasteiger partial charge on any atom is 0.143 e. The van der Waals surface area contributed by atoms with Crippen LogP contribution >= 0.6 is 0 Å². The average Bonchev–Trinajstić information content (AvgIpc) is 2.39. The lowest BCUT2D eigenvalue weighted by Gasteiger charge is -2.15. The Bertz CT molecular complexity index is 608. The summed E-state index contributed by atoms with van der Waals surface area (Å²) in [6, 6.07) is 14.6. The van der Waals surface area contributed by atoms with E-state index in [9.17, 15) is 5.11 Å². The molecule has 0 fully saturated rings. The van der Waals surface area contributed by atoms with Crippen LogP contribution in [0.15, 0.2) is 60.8 Å². The number of allylic oxidation sites excluding steroid dienone is 2. The summed E-state index contributed by atoms with van der Waals surface area (Å²) in [5.41, 5.74) is 2.27. The summed E-state index contributed by atoms with van der Waals surface area (Å²) in [6.07, 6.45) is 4.97.